The van der Waals surface area contributed by atoms with Crippen LogP contribution in [0.5, 0.6) is 11.6 Å². The third-order valence-corrected chi connectivity index (χ3v) is 6.52. The first-order valence-corrected chi connectivity index (χ1v) is 12.1. The van der Waals surface area contributed by atoms with Gasteiger partial charge in [-0.2, -0.15) is 8.42 Å². The minimum atomic E-state index is -4.26. The number of hydrogen-bond donors (Lipinski definition) is 2. The summed E-state index contributed by atoms with van der Waals surface area (Å²) < 4.78 is 33.6. The molecule has 1 amide bonds. The molecule has 0 unspecified atom stereocenters. The van der Waals surface area contributed by atoms with Gasteiger partial charge in [-0.3, -0.25) is 4.79 Å². The third-order valence-electron chi connectivity index (χ3n) is 5.29. The molecule has 0 aliphatic rings. The number of sulfonamides is 1. The van der Waals surface area contributed by atoms with Crippen molar-refractivity contribution in [2.75, 3.05) is 5.73 Å². The second-order valence-electron chi connectivity index (χ2n) is 8.34. The number of aryl methyl sites for hydroxylation is 3. The lowest BCUT2D eigenvalue weighted by Crippen LogP contribution is -2.31. The largest absolute Gasteiger partial charge is 0.438 e. The second-order valence-corrected chi connectivity index (χ2v) is 9.97. The van der Waals surface area contributed by atoms with Crippen LogP contribution in [0.3, 0.4) is 0 Å². The lowest BCUT2D eigenvalue weighted by atomic mass is 10.1. The average Bonchev–Trinajstić information content (AvgIpc) is 2.75. The van der Waals surface area contributed by atoms with E-state index in [2.05, 4.69) is 9.97 Å². The van der Waals surface area contributed by atoms with E-state index in [1.54, 1.807) is 6.07 Å². The Labute approximate surface area is 201 Å². The lowest BCUT2D eigenvalue weighted by Gasteiger charge is -2.16. The standard InChI is InChI=1S/C25H28N4O4S.H2/c1-14(2)18(6)20-11-10-19(24(30)29-34(31,32)22-9-7-8-21(26)28-22)25(27-20)33-23-16(4)12-15(3)13-17(23)5;/h7-13H,1-6H3,(H2,26,28)(H,29,30);1H. The zero-order valence-corrected chi connectivity index (χ0v) is 20.9. The van der Waals surface area contributed by atoms with Gasteiger partial charge < -0.3 is 10.5 Å². The van der Waals surface area contributed by atoms with Gasteiger partial charge in [0.25, 0.3) is 15.9 Å². The first kappa shape index (κ1) is 24.9. The van der Waals surface area contributed by atoms with E-state index in [4.69, 9.17) is 10.5 Å². The van der Waals surface area contributed by atoms with Crippen LogP contribution < -0.4 is 15.2 Å². The van der Waals surface area contributed by atoms with Gasteiger partial charge in [-0.25, -0.2) is 14.7 Å². The predicted molar refractivity (Wildman–Crippen MR) is 134 cm³/mol. The van der Waals surface area contributed by atoms with Crippen molar-refractivity contribution in [2.24, 2.45) is 0 Å². The zero-order valence-electron chi connectivity index (χ0n) is 20.1. The molecule has 0 spiro atoms. The van der Waals surface area contributed by atoms with Crippen molar-refractivity contribution < 1.29 is 19.4 Å². The first-order valence-electron chi connectivity index (χ1n) is 10.6. The number of carbonyl (C=O) groups excluding carboxylic acids is 1. The Bertz CT molecular complexity index is 1390. The smallest absolute Gasteiger partial charge is 0.281 e. The van der Waals surface area contributed by atoms with Gasteiger partial charge in [-0.15, -0.1) is 0 Å². The van der Waals surface area contributed by atoms with E-state index in [1.807, 2.05) is 58.4 Å². The van der Waals surface area contributed by atoms with Crippen molar-refractivity contribution in [3.05, 3.63) is 76.0 Å². The zero-order chi connectivity index (χ0) is 25.2. The molecule has 0 bridgehead atoms. The lowest BCUT2D eigenvalue weighted by molar-refractivity contribution is 0.0978. The molecule has 3 rings (SSSR count). The topological polar surface area (TPSA) is 124 Å². The molecule has 0 saturated carbocycles. The average molecular weight is 483 g/mol. The van der Waals surface area contributed by atoms with E-state index in [9.17, 15) is 13.2 Å². The minimum Gasteiger partial charge on any atom is -0.438 e. The van der Waals surface area contributed by atoms with E-state index in [0.717, 1.165) is 27.8 Å². The number of allylic oxidation sites excluding steroid dienone is 2. The number of nitrogen functional groups attached to an aromatic ring is 1. The van der Waals surface area contributed by atoms with Gasteiger partial charge >= 0.3 is 0 Å². The number of ether oxygens (including phenoxy) is 1. The number of carbonyl (C=O) groups is 1. The Hall–Kier alpha value is -3.72. The number of nitrogens with two attached hydrogens (primary N) is 1. The molecular formula is C25H30N4O4S. The summed E-state index contributed by atoms with van der Waals surface area (Å²) in [5.41, 5.74) is 11.0. The monoisotopic (exact) mass is 482 g/mol. The summed E-state index contributed by atoms with van der Waals surface area (Å²) in [6.07, 6.45) is 0. The molecule has 3 aromatic rings. The third kappa shape index (κ3) is 5.43. The van der Waals surface area contributed by atoms with Crippen LogP contribution in [0.25, 0.3) is 5.57 Å². The molecule has 3 N–H and O–H groups in total. The van der Waals surface area contributed by atoms with Gasteiger partial charge in [0.15, 0.2) is 5.03 Å². The Morgan fingerprint density at radius 1 is 1.00 bits per heavy atom. The molecule has 8 nitrogen and oxygen atoms in total. The highest BCUT2D eigenvalue weighted by atomic mass is 32.2. The van der Waals surface area contributed by atoms with E-state index >= 15 is 0 Å². The maximum atomic E-state index is 13.1. The van der Waals surface area contributed by atoms with Crippen LogP contribution in [0.2, 0.25) is 0 Å². The number of pyridine rings is 2. The second kappa shape index (κ2) is 9.64. The summed E-state index contributed by atoms with van der Waals surface area (Å²) in [7, 11) is -4.26. The molecule has 0 saturated heterocycles. The van der Waals surface area contributed by atoms with Crippen LogP contribution in [0.4, 0.5) is 5.82 Å². The van der Waals surface area contributed by atoms with Gasteiger partial charge in [0.1, 0.15) is 17.1 Å². The molecule has 0 aliphatic heterocycles. The molecule has 0 atom stereocenters. The first-order chi connectivity index (χ1) is 15.9. The Morgan fingerprint density at radius 2 is 1.65 bits per heavy atom. The number of aromatic nitrogens is 2. The number of nitrogens with zero attached hydrogens (tertiary/aromatic N) is 2. The Kier molecular flexibility index (Phi) is 7.07. The molecule has 2 aromatic heterocycles. The van der Waals surface area contributed by atoms with Crippen LogP contribution in [-0.2, 0) is 10.0 Å². The van der Waals surface area contributed by atoms with Crippen LogP contribution in [0, 0.1) is 20.8 Å². The van der Waals surface area contributed by atoms with Crippen molar-refractivity contribution >= 4 is 27.3 Å². The van der Waals surface area contributed by atoms with Crippen LogP contribution in [0.15, 0.2) is 53.1 Å². The molecule has 0 aliphatic carbocycles. The summed E-state index contributed by atoms with van der Waals surface area (Å²) >= 11 is 0. The summed E-state index contributed by atoms with van der Waals surface area (Å²) in [5.74, 6) is -0.315. The summed E-state index contributed by atoms with van der Waals surface area (Å²) in [4.78, 5) is 21.4. The molecule has 34 heavy (non-hydrogen) atoms. The Balaban J connectivity index is 0.00000432. The van der Waals surface area contributed by atoms with Gasteiger partial charge in [0.05, 0.1) is 5.69 Å². The van der Waals surface area contributed by atoms with Gasteiger partial charge in [-0.1, -0.05) is 29.3 Å². The number of amides is 1. The molecule has 2 heterocycles. The molecule has 0 fully saturated rings. The van der Waals surface area contributed by atoms with Gasteiger partial charge in [-0.05, 0) is 82.5 Å². The summed E-state index contributed by atoms with van der Waals surface area (Å²) in [6.45, 7) is 11.6. The maximum absolute atomic E-state index is 13.1. The van der Waals surface area contributed by atoms with E-state index in [-0.39, 0.29) is 23.7 Å². The van der Waals surface area contributed by atoms with E-state index in [1.165, 1.54) is 24.3 Å². The van der Waals surface area contributed by atoms with Crippen molar-refractivity contribution in [1.29, 1.82) is 0 Å². The number of rotatable bonds is 6. The fourth-order valence-electron chi connectivity index (χ4n) is 3.39. The fraction of sp³-hybridized carbons (Fsp3) is 0.240. The Morgan fingerprint density at radius 3 is 2.24 bits per heavy atom. The normalized spacial score (nSPS) is 11.1. The molecule has 9 heteroatoms. The van der Waals surface area contributed by atoms with E-state index < -0.39 is 15.9 Å². The predicted octanol–water partition coefficient (Wildman–Crippen LogP) is 4.95. The highest BCUT2D eigenvalue weighted by Gasteiger charge is 2.24. The number of anilines is 1. The maximum Gasteiger partial charge on any atom is 0.281 e. The SMILES string of the molecule is CC(C)=C(C)c1ccc(C(=O)NS(=O)(=O)c2cccc(N)n2)c(Oc2c(C)cc(C)cc2C)n1.[HH]. The van der Waals surface area contributed by atoms with E-state index in [0.29, 0.717) is 11.4 Å². The van der Waals surface area contributed by atoms with Crippen LogP contribution >= 0.6 is 0 Å². The van der Waals surface area contributed by atoms with Crippen molar-refractivity contribution in [3.63, 3.8) is 0 Å². The van der Waals surface area contributed by atoms with Crippen molar-refractivity contribution in [1.82, 2.24) is 14.7 Å². The summed E-state index contributed by atoms with van der Waals surface area (Å²) in [6, 6.07) is 11.2. The van der Waals surface area contributed by atoms with Crippen molar-refractivity contribution in [2.45, 2.75) is 46.6 Å². The fourth-order valence-corrected chi connectivity index (χ4v) is 4.33. The number of nitrogens with one attached hydrogen (secondary N) is 1. The van der Waals surface area contributed by atoms with Gasteiger partial charge in [0, 0.05) is 1.43 Å². The highest BCUT2D eigenvalue weighted by molar-refractivity contribution is 7.90. The van der Waals surface area contributed by atoms with Gasteiger partial charge in [0.2, 0.25) is 5.88 Å². The molecular weight excluding hydrogens is 452 g/mol. The quantitative estimate of drug-likeness (QED) is 0.509. The summed E-state index contributed by atoms with van der Waals surface area (Å²) in [5, 5.41) is -0.362. The highest BCUT2D eigenvalue weighted by Crippen LogP contribution is 2.32. The minimum absolute atomic E-state index is 0. The number of hydrogen-bond acceptors (Lipinski definition) is 7. The van der Waals surface area contributed by atoms with Crippen LogP contribution in [-0.4, -0.2) is 24.3 Å². The van der Waals surface area contributed by atoms with Crippen molar-refractivity contribution in [3.8, 4) is 11.6 Å². The molecule has 180 valence electrons. The number of benzene rings is 1. The molecule has 0 radical (unpaired) electrons. The van der Waals surface area contributed by atoms with Crippen LogP contribution in [0.1, 0.15) is 54.9 Å². The molecule has 1 aromatic carbocycles.